The highest BCUT2D eigenvalue weighted by atomic mass is 16.5. The SMILES string of the molecule is COc1cccc(CC(C)(C(=O)O)n2cccn2)n1. The minimum atomic E-state index is -1.18. The molecular formula is C13H15N3O3. The second kappa shape index (κ2) is 5.09. The van der Waals surface area contributed by atoms with Gasteiger partial charge in [0.2, 0.25) is 5.88 Å². The second-order valence-electron chi connectivity index (χ2n) is 4.38. The van der Waals surface area contributed by atoms with Crippen molar-refractivity contribution in [1.82, 2.24) is 14.8 Å². The van der Waals surface area contributed by atoms with Crippen LogP contribution in [0.5, 0.6) is 5.88 Å². The van der Waals surface area contributed by atoms with Crippen molar-refractivity contribution in [3.8, 4) is 5.88 Å². The van der Waals surface area contributed by atoms with Gasteiger partial charge < -0.3 is 9.84 Å². The lowest BCUT2D eigenvalue weighted by Gasteiger charge is -2.25. The summed E-state index contributed by atoms with van der Waals surface area (Å²) in [7, 11) is 1.52. The molecule has 19 heavy (non-hydrogen) atoms. The van der Waals surface area contributed by atoms with Crippen LogP contribution in [0.4, 0.5) is 0 Å². The number of rotatable bonds is 5. The number of pyridine rings is 1. The number of carboxylic acids is 1. The Balaban J connectivity index is 2.34. The maximum Gasteiger partial charge on any atom is 0.331 e. The summed E-state index contributed by atoms with van der Waals surface area (Å²) >= 11 is 0. The third-order valence-electron chi connectivity index (χ3n) is 2.99. The van der Waals surface area contributed by atoms with E-state index in [1.807, 2.05) is 0 Å². The van der Waals surface area contributed by atoms with Crippen LogP contribution in [0.2, 0.25) is 0 Å². The highest BCUT2D eigenvalue weighted by Gasteiger charge is 2.36. The normalized spacial score (nSPS) is 13.8. The molecule has 2 rings (SSSR count). The van der Waals surface area contributed by atoms with E-state index in [1.54, 1.807) is 43.6 Å². The number of hydrogen-bond acceptors (Lipinski definition) is 4. The number of carboxylic acid groups (broad SMARTS) is 1. The first-order valence-electron chi connectivity index (χ1n) is 5.80. The number of carbonyl (C=O) groups is 1. The van der Waals surface area contributed by atoms with Crippen molar-refractivity contribution in [2.75, 3.05) is 7.11 Å². The number of hydrogen-bond donors (Lipinski definition) is 1. The first-order valence-corrected chi connectivity index (χ1v) is 5.80. The van der Waals surface area contributed by atoms with Gasteiger partial charge in [0.25, 0.3) is 0 Å². The Morgan fingerprint density at radius 3 is 2.84 bits per heavy atom. The molecule has 0 saturated carbocycles. The van der Waals surface area contributed by atoms with E-state index in [0.29, 0.717) is 11.6 Å². The Kier molecular flexibility index (Phi) is 3.50. The van der Waals surface area contributed by atoms with Crippen molar-refractivity contribution < 1.29 is 14.6 Å². The van der Waals surface area contributed by atoms with Gasteiger partial charge in [0, 0.05) is 30.6 Å². The molecule has 2 aromatic heterocycles. The van der Waals surface area contributed by atoms with Crippen molar-refractivity contribution in [3.05, 3.63) is 42.4 Å². The monoisotopic (exact) mass is 261 g/mol. The summed E-state index contributed by atoms with van der Waals surface area (Å²) in [4.78, 5) is 15.8. The first kappa shape index (κ1) is 13.1. The number of aliphatic carboxylic acids is 1. The fourth-order valence-electron chi connectivity index (χ4n) is 1.84. The average molecular weight is 261 g/mol. The molecule has 1 unspecified atom stereocenters. The molecule has 0 aromatic carbocycles. The zero-order valence-electron chi connectivity index (χ0n) is 10.8. The van der Waals surface area contributed by atoms with Crippen molar-refractivity contribution in [2.45, 2.75) is 18.9 Å². The summed E-state index contributed by atoms with van der Waals surface area (Å²) < 4.78 is 6.47. The third kappa shape index (κ3) is 2.57. The van der Waals surface area contributed by atoms with Gasteiger partial charge in [-0.2, -0.15) is 5.10 Å². The van der Waals surface area contributed by atoms with Gasteiger partial charge >= 0.3 is 5.97 Å². The lowest BCUT2D eigenvalue weighted by Crippen LogP contribution is -2.41. The van der Waals surface area contributed by atoms with Crippen molar-refractivity contribution in [2.24, 2.45) is 0 Å². The molecule has 0 aliphatic rings. The molecule has 6 nitrogen and oxygen atoms in total. The van der Waals surface area contributed by atoms with E-state index < -0.39 is 11.5 Å². The smallest absolute Gasteiger partial charge is 0.331 e. The molecule has 0 aliphatic carbocycles. The van der Waals surface area contributed by atoms with Crippen LogP contribution in [0, 0.1) is 0 Å². The predicted octanol–water partition coefficient (Wildman–Crippen LogP) is 1.33. The highest BCUT2D eigenvalue weighted by molar-refractivity contribution is 5.76. The van der Waals surface area contributed by atoms with Gasteiger partial charge in [-0.25, -0.2) is 9.78 Å². The quantitative estimate of drug-likeness (QED) is 0.878. The lowest BCUT2D eigenvalue weighted by molar-refractivity contribution is -0.147. The van der Waals surface area contributed by atoms with Gasteiger partial charge in [0.05, 0.1) is 7.11 Å². The molecule has 0 aliphatic heterocycles. The number of ether oxygens (including phenoxy) is 1. The molecule has 0 fully saturated rings. The average Bonchev–Trinajstić information content (AvgIpc) is 2.93. The zero-order chi connectivity index (χ0) is 13.9. The Hall–Kier alpha value is -2.37. The van der Waals surface area contributed by atoms with Gasteiger partial charge in [0.15, 0.2) is 5.54 Å². The van der Waals surface area contributed by atoms with Crippen molar-refractivity contribution in [3.63, 3.8) is 0 Å². The highest BCUT2D eigenvalue weighted by Crippen LogP contribution is 2.21. The molecule has 0 spiro atoms. The van der Waals surface area contributed by atoms with Gasteiger partial charge in [0.1, 0.15) is 0 Å². The number of nitrogens with zero attached hydrogens (tertiary/aromatic N) is 3. The summed E-state index contributed by atoms with van der Waals surface area (Å²) in [5, 5.41) is 13.5. The van der Waals surface area contributed by atoms with E-state index in [-0.39, 0.29) is 6.42 Å². The van der Waals surface area contributed by atoms with Gasteiger partial charge in [-0.15, -0.1) is 0 Å². The third-order valence-corrected chi connectivity index (χ3v) is 2.99. The van der Waals surface area contributed by atoms with Gasteiger partial charge in [-0.3, -0.25) is 4.68 Å². The fourth-order valence-corrected chi connectivity index (χ4v) is 1.84. The standard InChI is InChI=1S/C13H15N3O3/c1-13(12(17)18,16-8-4-7-14-16)9-10-5-3-6-11(15-10)19-2/h3-8H,9H2,1-2H3,(H,17,18). The summed E-state index contributed by atoms with van der Waals surface area (Å²) in [6, 6.07) is 6.97. The minimum absolute atomic E-state index is 0.223. The van der Waals surface area contributed by atoms with Crippen LogP contribution in [0.25, 0.3) is 0 Å². The minimum Gasteiger partial charge on any atom is -0.481 e. The zero-order valence-corrected chi connectivity index (χ0v) is 10.8. The van der Waals surface area contributed by atoms with Gasteiger partial charge in [-0.05, 0) is 19.1 Å². The van der Waals surface area contributed by atoms with Crippen LogP contribution >= 0.6 is 0 Å². The molecular weight excluding hydrogens is 246 g/mol. The molecule has 1 atom stereocenters. The Bertz CT molecular complexity index is 568. The molecule has 100 valence electrons. The Morgan fingerprint density at radius 2 is 2.26 bits per heavy atom. The van der Waals surface area contributed by atoms with E-state index in [1.165, 1.54) is 11.8 Å². The number of aromatic nitrogens is 3. The molecule has 1 N–H and O–H groups in total. The molecule has 0 bridgehead atoms. The number of methoxy groups -OCH3 is 1. The summed E-state index contributed by atoms with van der Waals surface area (Å²) in [5.74, 6) is -0.494. The second-order valence-corrected chi connectivity index (χ2v) is 4.38. The predicted molar refractivity (Wildman–Crippen MR) is 68.0 cm³/mol. The molecule has 0 radical (unpaired) electrons. The Labute approximate surface area is 110 Å². The fraction of sp³-hybridized carbons (Fsp3) is 0.308. The maximum absolute atomic E-state index is 11.6. The van der Waals surface area contributed by atoms with Crippen LogP contribution < -0.4 is 4.74 Å². The molecule has 0 saturated heterocycles. The summed E-state index contributed by atoms with van der Waals surface area (Å²) in [5.41, 5.74) is -0.539. The first-order chi connectivity index (χ1) is 9.06. The van der Waals surface area contributed by atoms with Crippen LogP contribution in [-0.2, 0) is 16.8 Å². The van der Waals surface area contributed by atoms with Crippen LogP contribution in [0.1, 0.15) is 12.6 Å². The van der Waals surface area contributed by atoms with E-state index in [0.717, 1.165) is 0 Å². The van der Waals surface area contributed by atoms with Crippen molar-refractivity contribution in [1.29, 1.82) is 0 Å². The van der Waals surface area contributed by atoms with E-state index in [2.05, 4.69) is 10.1 Å². The van der Waals surface area contributed by atoms with Crippen LogP contribution in [0.3, 0.4) is 0 Å². The molecule has 6 heteroatoms. The van der Waals surface area contributed by atoms with E-state index >= 15 is 0 Å². The van der Waals surface area contributed by atoms with Crippen LogP contribution in [-0.4, -0.2) is 33.0 Å². The Morgan fingerprint density at radius 1 is 1.47 bits per heavy atom. The lowest BCUT2D eigenvalue weighted by atomic mass is 9.96. The van der Waals surface area contributed by atoms with Gasteiger partial charge in [-0.1, -0.05) is 6.07 Å². The summed E-state index contributed by atoms with van der Waals surface area (Å²) in [6.45, 7) is 1.61. The summed E-state index contributed by atoms with van der Waals surface area (Å²) in [6.07, 6.45) is 3.41. The molecule has 2 aromatic rings. The van der Waals surface area contributed by atoms with Crippen LogP contribution in [0.15, 0.2) is 36.7 Å². The van der Waals surface area contributed by atoms with Crippen molar-refractivity contribution >= 4 is 5.97 Å². The largest absolute Gasteiger partial charge is 0.481 e. The van der Waals surface area contributed by atoms with E-state index in [9.17, 15) is 9.90 Å². The molecule has 2 heterocycles. The van der Waals surface area contributed by atoms with E-state index in [4.69, 9.17) is 4.74 Å². The maximum atomic E-state index is 11.6. The topological polar surface area (TPSA) is 77.2 Å². The molecule has 0 amide bonds.